The van der Waals surface area contributed by atoms with E-state index < -0.39 is 4.92 Å². The average Bonchev–Trinajstić information content (AvgIpc) is 2.47. The molecule has 1 fully saturated rings. The number of thioether (sulfide) groups is 1. The van der Waals surface area contributed by atoms with Gasteiger partial charge in [0.1, 0.15) is 0 Å². The van der Waals surface area contributed by atoms with Crippen molar-refractivity contribution in [2.24, 2.45) is 10.9 Å². The van der Waals surface area contributed by atoms with Crippen LogP contribution in [0, 0.1) is 10.1 Å². The van der Waals surface area contributed by atoms with Crippen molar-refractivity contribution in [1.82, 2.24) is 4.98 Å². The minimum atomic E-state index is -0.608. The summed E-state index contributed by atoms with van der Waals surface area (Å²) in [6.07, 6.45) is 1.81. The lowest BCUT2D eigenvalue weighted by molar-refractivity contribution is -0.385. The van der Waals surface area contributed by atoms with Gasteiger partial charge in [-0.2, -0.15) is 0 Å². The predicted octanol–water partition coefficient (Wildman–Crippen LogP) is 1.36. The van der Waals surface area contributed by atoms with E-state index in [4.69, 9.17) is 15.7 Å². The molecule has 0 radical (unpaired) electrons. The summed E-state index contributed by atoms with van der Waals surface area (Å²) < 4.78 is 5.27. The van der Waals surface area contributed by atoms with Crippen LogP contribution in [0.3, 0.4) is 0 Å². The molecule has 0 amide bonds. The van der Waals surface area contributed by atoms with Crippen molar-refractivity contribution in [2.75, 3.05) is 13.2 Å². The molecule has 0 atom stereocenters. The molecule has 2 rings (SSSR count). The van der Waals surface area contributed by atoms with E-state index >= 15 is 0 Å². The summed E-state index contributed by atoms with van der Waals surface area (Å²) in [5, 5.41) is 23.3. The molecule has 0 spiro atoms. The van der Waals surface area contributed by atoms with Gasteiger partial charge in [0.25, 0.3) is 5.69 Å². The van der Waals surface area contributed by atoms with Gasteiger partial charge in [0.15, 0.2) is 11.5 Å². The van der Waals surface area contributed by atoms with E-state index in [9.17, 15) is 10.1 Å². The molecule has 0 aliphatic carbocycles. The van der Waals surface area contributed by atoms with Crippen molar-refractivity contribution in [1.29, 1.82) is 0 Å². The van der Waals surface area contributed by atoms with Crippen LogP contribution in [-0.4, -0.2) is 39.4 Å². The average molecular weight is 298 g/mol. The van der Waals surface area contributed by atoms with Gasteiger partial charge in [-0.15, -0.1) is 11.8 Å². The highest BCUT2D eigenvalue weighted by Crippen LogP contribution is 2.30. The highest BCUT2D eigenvalue weighted by molar-refractivity contribution is 7.99. The second-order valence-corrected chi connectivity index (χ2v) is 5.51. The molecule has 2 heterocycles. The van der Waals surface area contributed by atoms with Gasteiger partial charge in [0.05, 0.1) is 9.95 Å². The number of aromatic nitrogens is 1. The van der Waals surface area contributed by atoms with Crippen LogP contribution < -0.4 is 5.73 Å². The third-order valence-corrected chi connectivity index (χ3v) is 4.12. The minimum absolute atomic E-state index is 0.116. The first-order valence-corrected chi connectivity index (χ1v) is 6.87. The van der Waals surface area contributed by atoms with Gasteiger partial charge in [0.2, 0.25) is 0 Å². The number of nitro groups is 1. The Morgan fingerprint density at radius 3 is 2.85 bits per heavy atom. The lowest BCUT2D eigenvalue weighted by Crippen LogP contribution is -2.19. The number of rotatable bonds is 4. The Kier molecular flexibility index (Phi) is 4.74. The largest absolute Gasteiger partial charge is 0.409 e. The van der Waals surface area contributed by atoms with Gasteiger partial charge in [-0.1, -0.05) is 5.16 Å². The smallest absolute Gasteiger partial charge is 0.298 e. The summed E-state index contributed by atoms with van der Waals surface area (Å²) in [6.45, 7) is 1.41. The molecule has 1 aliphatic rings. The maximum Gasteiger partial charge on any atom is 0.298 e. The second-order valence-electron chi connectivity index (χ2n) is 4.19. The normalized spacial score (nSPS) is 17.1. The standard InChI is InChI=1S/C11H14N4O4S/c12-11(14-16)10-8(15(17)18)1-2-9(13-10)20-7-3-5-19-6-4-7/h1-2,7,16H,3-6H2,(H2,12,14). The van der Waals surface area contributed by atoms with Gasteiger partial charge in [-0.05, 0) is 18.9 Å². The number of pyridine rings is 1. The summed E-state index contributed by atoms with van der Waals surface area (Å²) in [5.41, 5.74) is 5.04. The number of nitrogens with two attached hydrogens (primary N) is 1. The molecule has 20 heavy (non-hydrogen) atoms. The maximum atomic E-state index is 10.9. The van der Waals surface area contributed by atoms with Crippen LogP contribution in [0.5, 0.6) is 0 Å². The van der Waals surface area contributed by atoms with Crippen LogP contribution in [0.1, 0.15) is 18.5 Å². The molecule has 0 aromatic carbocycles. The Morgan fingerprint density at radius 2 is 2.25 bits per heavy atom. The van der Waals surface area contributed by atoms with Crippen LogP contribution in [0.15, 0.2) is 22.3 Å². The summed E-state index contributed by atoms with van der Waals surface area (Å²) in [4.78, 5) is 14.4. The first-order valence-electron chi connectivity index (χ1n) is 5.99. The zero-order chi connectivity index (χ0) is 14.5. The van der Waals surface area contributed by atoms with Crippen molar-refractivity contribution in [3.8, 4) is 0 Å². The van der Waals surface area contributed by atoms with Gasteiger partial charge < -0.3 is 15.7 Å². The summed E-state index contributed by atoms with van der Waals surface area (Å²) in [7, 11) is 0. The fourth-order valence-corrected chi connectivity index (χ4v) is 2.91. The summed E-state index contributed by atoms with van der Waals surface area (Å²) in [6, 6.07) is 2.90. The van der Waals surface area contributed by atoms with Crippen LogP contribution in [0.25, 0.3) is 0 Å². The number of amidine groups is 1. The van der Waals surface area contributed by atoms with E-state index in [2.05, 4.69) is 10.1 Å². The maximum absolute atomic E-state index is 10.9. The highest BCUT2D eigenvalue weighted by atomic mass is 32.2. The van der Waals surface area contributed by atoms with E-state index in [1.54, 1.807) is 6.07 Å². The lowest BCUT2D eigenvalue weighted by atomic mass is 10.2. The predicted molar refractivity (Wildman–Crippen MR) is 73.1 cm³/mol. The summed E-state index contributed by atoms with van der Waals surface area (Å²) in [5.74, 6) is -0.369. The highest BCUT2D eigenvalue weighted by Gasteiger charge is 2.22. The summed E-state index contributed by atoms with van der Waals surface area (Å²) >= 11 is 1.52. The number of oxime groups is 1. The molecule has 0 unspecified atom stereocenters. The molecular formula is C11H14N4O4S. The second kappa shape index (κ2) is 6.53. The molecule has 1 aromatic rings. The molecule has 0 saturated carbocycles. The molecule has 1 aliphatic heterocycles. The quantitative estimate of drug-likeness (QED) is 0.283. The molecule has 1 aromatic heterocycles. The van der Waals surface area contributed by atoms with Crippen LogP contribution in [-0.2, 0) is 4.74 Å². The Bertz CT molecular complexity index is 531. The van der Waals surface area contributed by atoms with Gasteiger partial charge in [0, 0.05) is 24.5 Å². The molecule has 0 bridgehead atoms. The fourth-order valence-electron chi connectivity index (χ4n) is 1.85. The zero-order valence-corrected chi connectivity index (χ0v) is 11.4. The zero-order valence-electron chi connectivity index (χ0n) is 10.6. The Balaban J connectivity index is 2.24. The van der Waals surface area contributed by atoms with Crippen molar-refractivity contribution in [3.05, 3.63) is 27.9 Å². The topological polar surface area (TPSA) is 124 Å². The SMILES string of the molecule is N/C(=N/O)c1nc(SC2CCOCC2)ccc1[N+](=O)[O-]. The minimum Gasteiger partial charge on any atom is -0.409 e. The van der Waals surface area contributed by atoms with Gasteiger partial charge >= 0.3 is 0 Å². The van der Waals surface area contributed by atoms with E-state index in [0.29, 0.717) is 23.5 Å². The number of nitrogens with zero attached hydrogens (tertiary/aromatic N) is 3. The Labute approximate surface area is 119 Å². The third kappa shape index (κ3) is 3.36. The molecule has 108 valence electrons. The third-order valence-electron chi connectivity index (χ3n) is 2.85. The fraction of sp³-hybridized carbons (Fsp3) is 0.455. The lowest BCUT2D eigenvalue weighted by Gasteiger charge is -2.21. The molecule has 1 saturated heterocycles. The Hall–Kier alpha value is -1.87. The molecule has 9 heteroatoms. The van der Waals surface area contributed by atoms with Crippen LogP contribution >= 0.6 is 11.8 Å². The van der Waals surface area contributed by atoms with Crippen LogP contribution in [0.4, 0.5) is 5.69 Å². The van der Waals surface area contributed by atoms with Crippen molar-refractivity contribution >= 4 is 23.3 Å². The molecule has 8 nitrogen and oxygen atoms in total. The van der Waals surface area contributed by atoms with E-state index in [-0.39, 0.29) is 17.2 Å². The van der Waals surface area contributed by atoms with Gasteiger partial charge in [-0.25, -0.2) is 4.98 Å². The van der Waals surface area contributed by atoms with Crippen molar-refractivity contribution in [3.63, 3.8) is 0 Å². The number of hydrogen-bond acceptors (Lipinski definition) is 7. The monoisotopic (exact) mass is 298 g/mol. The first kappa shape index (κ1) is 14.5. The number of hydrogen-bond donors (Lipinski definition) is 2. The Morgan fingerprint density at radius 1 is 1.55 bits per heavy atom. The van der Waals surface area contributed by atoms with E-state index in [1.165, 1.54) is 17.8 Å². The van der Waals surface area contributed by atoms with Crippen molar-refractivity contribution in [2.45, 2.75) is 23.1 Å². The van der Waals surface area contributed by atoms with E-state index in [0.717, 1.165) is 12.8 Å². The molecular weight excluding hydrogens is 284 g/mol. The van der Waals surface area contributed by atoms with E-state index in [1.807, 2.05) is 0 Å². The first-order chi connectivity index (χ1) is 9.61. The van der Waals surface area contributed by atoms with Crippen molar-refractivity contribution < 1.29 is 14.9 Å². The molecule has 3 N–H and O–H groups in total. The van der Waals surface area contributed by atoms with Gasteiger partial charge in [-0.3, -0.25) is 10.1 Å². The van der Waals surface area contributed by atoms with Crippen LogP contribution in [0.2, 0.25) is 0 Å². The number of ether oxygens (including phenoxy) is 1.